The van der Waals surface area contributed by atoms with Crippen molar-refractivity contribution in [3.63, 3.8) is 0 Å². The SMILES string of the molecule is O=C1C2=C(NC(Cc3ccccc3)N1c1ccccc1)c1ccccc1CC21CCCCC1. The Hall–Kier alpha value is -3.33. The molecule has 0 bridgehead atoms. The number of nitrogens with zero attached hydrogens (tertiary/aromatic N) is 1. The van der Waals surface area contributed by atoms with Crippen LogP contribution < -0.4 is 10.2 Å². The number of hydrogen-bond donors (Lipinski definition) is 1. The lowest BCUT2D eigenvalue weighted by Crippen LogP contribution is -2.58. The van der Waals surface area contributed by atoms with Crippen LogP contribution in [0.2, 0.25) is 0 Å². The Morgan fingerprint density at radius 2 is 1.48 bits per heavy atom. The van der Waals surface area contributed by atoms with Crippen LogP contribution in [-0.2, 0) is 17.6 Å². The third-order valence-corrected chi connectivity index (χ3v) is 7.77. The number of amides is 1. The highest BCUT2D eigenvalue weighted by Crippen LogP contribution is 2.53. The molecule has 1 saturated carbocycles. The Balaban J connectivity index is 1.52. The molecule has 1 amide bonds. The van der Waals surface area contributed by atoms with Crippen molar-refractivity contribution in [2.24, 2.45) is 5.41 Å². The molecule has 33 heavy (non-hydrogen) atoms. The summed E-state index contributed by atoms with van der Waals surface area (Å²) in [5.74, 6) is 0.187. The van der Waals surface area contributed by atoms with Crippen molar-refractivity contribution < 1.29 is 4.79 Å². The van der Waals surface area contributed by atoms with Crippen LogP contribution in [0.3, 0.4) is 0 Å². The van der Waals surface area contributed by atoms with Gasteiger partial charge in [0.15, 0.2) is 0 Å². The van der Waals surface area contributed by atoms with Crippen molar-refractivity contribution in [3.05, 3.63) is 107 Å². The van der Waals surface area contributed by atoms with E-state index < -0.39 is 0 Å². The lowest BCUT2D eigenvalue weighted by Gasteiger charge is -2.49. The first-order valence-corrected chi connectivity index (χ1v) is 12.3. The number of benzene rings is 3. The van der Waals surface area contributed by atoms with Gasteiger partial charge in [-0.15, -0.1) is 0 Å². The van der Waals surface area contributed by atoms with Gasteiger partial charge >= 0.3 is 0 Å². The predicted molar refractivity (Wildman–Crippen MR) is 134 cm³/mol. The summed E-state index contributed by atoms with van der Waals surface area (Å²) in [5.41, 5.74) is 6.83. The molecular formula is C30H30N2O. The van der Waals surface area contributed by atoms with E-state index in [1.807, 2.05) is 29.2 Å². The van der Waals surface area contributed by atoms with Crippen molar-refractivity contribution in [3.8, 4) is 0 Å². The predicted octanol–water partition coefficient (Wildman–Crippen LogP) is 6.11. The number of carbonyl (C=O) groups is 1. The maximum atomic E-state index is 14.5. The summed E-state index contributed by atoms with van der Waals surface area (Å²) in [6.07, 6.45) is 7.46. The van der Waals surface area contributed by atoms with Gasteiger partial charge < -0.3 is 5.32 Å². The Kier molecular flexibility index (Phi) is 5.05. The van der Waals surface area contributed by atoms with Crippen LogP contribution in [0.4, 0.5) is 5.69 Å². The molecule has 6 rings (SSSR count). The van der Waals surface area contributed by atoms with Crippen LogP contribution in [-0.4, -0.2) is 12.1 Å². The normalized spacial score (nSPS) is 21.4. The molecule has 0 radical (unpaired) electrons. The number of carbonyl (C=O) groups excluding carboxylic acids is 1. The Bertz CT molecular complexity index is 1190. The van der Waals surface area contributed by atoms with Gasteiger partial charge in [-0.3, -0.25) is 9.69 Å². The molecule has 1 atom stereocenters. The van der Waals surface area contributed by atoms with E-state index in [0.717, 1.165) is 42.6 Å². The van der Waals surface area contributed by atoms with Crippen molar-refractivity contribution in [1.82, 2.24) is 5.32 Å². The van der Waals surface area contributed by atoms with Crippen LogP contribution in [0.5, 0.6) is 0 Å². The van der Waals surface area contributed by atoms with Gasteiger partial charge in [0, 0.05) is 28.7 Å². The van der Waals surface area contributed by atoms with E-state index in [0.29, 0.717) is 0 Å². The smallest absolute Gasteiger partial charge is 0.258 e. The zero-order chi connectivity index (χ0) is 22.3. The standard InChI is InChI=1S/C30H30N2O/c33-29-27-28(25-17-9-8-14-23(25)21-30(27)18-10-3-11-19-30)31-26(20-22-12-4-1-5-13-22)32(29)24-15-6-2-7-16-24/h1-2,4-9,12-17,26,31H,3,10-11,18-21H2. The van der Waals surface area contributed by atoms with Crippen molar-refractivity contribution >= 4 is 17.3 Å². The van der Waals surface area contributed by atoms with E-state index in [-0.39, 0.29) is 17.5 Å². The topological polar surface area (TPSA) is 32.3 Å². The summed E-state index contributed by atoms with van der Waals surface area (Å²) in [6, 6.07) is 29.4. The minimum Gasteiger partial charge on any atom is -0.364 e. The lowest BCUT2D eigenvalue weighted by atomic mass is 9.61. The summed E-state index contributed by atoms with van der Waals surface area (Å²) in [5, 5.41) is 3.90. The first-order chi connectivity index (χ1) is 16.3. The molecule has 0 saturated heterocycles. The van der Waals surface area contributed by atoms with Gasteiger partial charge in [0.25, 0.3) is 5.91 Å². The molecule has 2 aliphatic carbocycles. The van der Waals surface area contributed by atoms with E-state index in [4.69, 9.17) is 0 Å². The summed E-state index contributed by atoms with van der Waals surface area (Å²) < 4.78 is 0. The fourth-order valence-corrected chi connectivity index (χ4v) is 6.27. The Morgan fingerprint density at radius 1 is 0.818 bits per heavy atom. The third-order valence-electron chi connectivity index (χ3n) is 7.77. The van der Waals surface area contributed by atoms with Crippen LogP contribution in [0, 0.1) is 5.41 Å². The molecule has 1 spiro atoms. The molecule has 1 heterocycles. The number of rotatable bonds is 3. The van der Waals surface area contributed by atoms with Crippen molar-refractivity contribution in [2.75, 3.05) is 4.90 Å². The molecule has 3 aromatic carbocycles. The minimum atomic E-state index is -0.132. The van der Waals surface area contributed by atoms with Gasteiger partial charge in [-0.1, -0.05) is 92.1 Å². The highest BCUT2D eigenvalue weighted by Gasteiger charge is 2.49. The zero-order valence-electron chi connectivity index (χ0n) is 19.0. The second kappa shape index (κ2) is 8.22. The van der Waals surface area contributed by atoms with E-state index in [2.05, 4.69) is 66.0 Å². The highest BCUT2D eigenvalue weighted by atomic mass is 16.2. The van der Waals surface area contributed by atoms with Crippen LogP contribution >= 0.6 is 0 Å². The minimum absolute atomic E-state index is 0.0588. The number of hydrogen-bond acceptors (Lipinski definition) is 2. The van der Waals surface area contributed by atoms with E-state index >= 15 is 0 Å². The molecule has 1 N–H and O–H groups in total. The summed E-state index contributed by atoms with van der Waals surface area (Å²) >= 11 is 0. The number of fused-ring (bicyclic) bond motifs is 3. The molecule has 3 heteroatoms. The first-order valence-electron chi connectivity index (χ1n) is 12.3. The van der Waals surface area contributed by atoms with E-state index in [9.17, 15) is 4.79 Å². The Labute approximate surface area is 196 Å². The molecule has 3 nitrogen and oxygen atoms in total. The van der Waals surface area contributed by atoms with Crippen LogP contribution in [0.1, 0.15) is 48.8 Å². The van der Waals surface area contributed by atoms with Crippen LogP contribution in [0.15, 0.2) is 90.5 Å². The van der Waals surface area contributed by atoms with Crippen LogP contribution in [0.25, 0.3) is 5.70 Å². The van der Waals surface area contributed by atoms with E-state index in [1.54, 1.807) is 0 Å². The average molecular weight is 435 g/mol. The molecular weight excluding hydrogens is 404 g/mol. The third kappa shape index (κ3) is 3.47. The van der Waals surface area contributed by atoms with Gasteiger partial charge in [0.05, 0.1) is 5.70 Å². The average Bonchev–Trinajstić information content (AvgIpc) is 2.86. The number of anilines is 1. The quantitative estimate of drug-likeness (QED) is 0.539. The van der Waals surface area contributed by atoms with Gasteiger partial charge in [0.1, 0.15) is 6.17 Å². The first kappa shape index (κ1) is 20.3. The van der Waals surface area contributed by atoms with Crippen molar-refractivity contribution in [2.45, 2.75) is 51.1 Å². The van der Waals surface area contributed by atoms with Gasteiger partial charge in [-0.25, -0.2) is 0 Å². The lowest BCUT2D eigenvalue weighted by molar-refractivity contribution is -0.117. The Morgan fingerprint density at radius 3 is 2.24 bits per heavy atom. The summed E-state index contributed by atoms with van der Waals surface area (Å²) in [6.45, 7) is 0. The molecule has 1 aliphatic heterocycles. The molecule has 0 aromatic heterocycles. The second-order valence-corrected chi connectivity index (χ2v) is 9.79. The molecule has 1 fully saturated rings. The summed E-state index contributed by atoms with van der Waals surface area (Å²) in [7, 11) is 0. The second-order valence-electron chi connectivity index (χ2n) is 9.79. The highest BCUT2D eigenvalue weighted by molar-refractivity contribution is 6.14. The summed E-state index contributed by atoms with van der Waals surface area (Å²) in [4.78, 5) is 16.5. The molecule has 1 unspecified atom stereocenters. The molecule has 166 valence electrons. The van der Waals surface area contributed by atoms with Gasteiger partial charge in [-0.2, -0.15) is 0 Å². The fraction of sp³-hybridized carbons (Fsp3) is 0.300. The number of nitrogens with one attached hydrogen (secondary N) is 1. The monoisotopic (exact) mass is 434 g/mol. The maximum Gasteiger partial charge on any atom is 0.258 e. The van der Waals surface area contributed by atoms with Crippen molar-refractivity contribution in [1.29, 1.82) is 0 Å². The fourth-order valence-electron chi connectivity index (χ4n) is 6.27. The maximum absolute atomic E-state index is 14.5. The molecule has 3 aromatic rings. The zero-order valence-corrected chi connectivity index (χ0v) is 19.0. The number of para-hydroxylation sites is 1. The molecule has 3 aliphatic rings. The largest absolute Gasteiger partial charge is 0.364 e. The van der Waals surface area contributed by atoms with Gasteiger partial charge in [-0.05, 0) is 42.5 Å². The van der Waals surface area contributed by atoms with E-state index in [1.165, 1.54) is 36.0 Å². The van der Waals surface area contributed by atoms with Gasteiger partial charge in [0.2, 0.25) is 0 Å².